The van der Waals surface area contributed by atoms with Crippen LogP contribution in [0, 0.1) is 5.92 Å². The fraction of sp³-hybridized carbons (Fsp3) is 0.389. The summed E-state index contributed by atoms with van der Waals surface area (Å²) in [5.41, 5.74) is -0.571. The molecule has 0 aliphatic heterocycles. The van der Waals surface area contributed by atoms with Crippen LogP contribution in [-0.4, -0.2) is 32.8 Å². The number of amides is 1. The van der Waals surface area contributed by atoms with Gasteiger partial charge in [0.05, 0.1) is 17.8 Å². The molecule has 144 valence electrons. The number of nitrogens with one attached hydrogen (secondary N) is 1. The number of halogens is 3. The zero-order chi connectivity index (χ0) is 19.6. The van der Waals surface area contributed by atoms with Crippen LogP contribution in [-0.2, 0) is 11.0 Å². The van der Waals surface area contributed by atoms with Gasteiger partial charge in [0.1, 0.15) is 5.69 Å². The Hall–Kier alpha value is -2.84. The Kier molecular flexibility index (Phi) is 5.20. The van der Waals surface area contributed by atoms with Crippen molar-refractivity contribution in [2.45, 2.75) is 37.9 Å². The number of carboxylic acid groups (broad SMARTS) is 1. The highest BCUT2D eigenvalue weighted by molar-refractivity contribution is 5.95. The lowest BCUT2D eigenvalue weighted by Gasteiger charge is -2.26. The van der Waals surface area contributed by atoms with Crippen LogP contribution in [0.15, 0.2) is 36.5 Å². The second-order valence-corrected chi connectivity index (χ2v) is 6.54. The van der Waals surface area contributed by atoms with Crippen molar-refractivity contribution in [2.75, 3.05) is 0 Å². The van der Waals surface area contributed by atoms with Crippen LogP contribution in [0.3, 0.4) is 0 Å². The van der Waals surface area contributed by atoms with E-state index in [9.17, 15) is 22.8 Å². The molecule has 0 atom stereocenters. The molecule has 1 aliphatic rings. The van der Waals surface area contributed by atoms with Crippen molar-refractivity contribution in [3.05, 3.63) is 47.8 Å². The lowest BCUT2D eigenvalue weighted by atomic mass is 9.86. The van der Waals surface area contributed by atoms with Crippen molar-refractivity contribution < 1.29 is 27.9 Å². The average molecular weight is 381 g/mol. The highest BCUT2D eigenvalue weighted by atomic mass is 19.4. The highest BCUT2D eigenvalue weighted by Crippen LogP contribution is 2.30. The normalized spacial score (nSPS) is 20.3. The second kappa shape index (κ2) is 7.42. The molecule has 0 bridgehead atoms. The van der Waals surface area contributed by atoms with Gasteiger partial charge in [0.25, 0.3) is 5.91 Å². The van der Waals surface area contributed by atoms with Crippen molar-refractivity contribution >= 4 is 11.9 Å². The number of carbonyl (C=O) groups is 2. The molecule has 2 N–H and O–H groups in total. The van der Waals surface area contributed by atoms with E-state index in [0.29, 0.717) is 25.7 Å². The molecule has 0 spiro atoms. The average Bonchev–Trinajstić information content (AvgIpc) is 3.12. The summed E-state index contributed by atoms with van der Waals surface area (Å²) >= 11 is 0. The minimum absolute atomic E-state index is 0.134. The number of rotatable bonds is 4. The van der Waals surface area contributed by atoms with Crippen LogP contribution >= 0.6 is 0 Å². The molecular formula is C18H18F3N3O3. The van der Waals surface area contributed by atoms with Crippen LogP contribution < -0.4 is 5.32 Å². The first-order chi connectivity index (χ1) is 12.8. The van der Waals surface area contributed by atoms with Crippen LogP contribution in [0.2, 0.25) is 0 Å². The third-order valence-corrected chi connectivity index (χ3v) is 4.70. The molecule has 1 heterocycles. The van der Waals surface area contributed by atoms with Crippen LogP contribution in [0.25, 0.3) is 5.69 Å². The van der Waals surface area contributed by atoms with Gasteiger partial charge < -0.3 is 10.4 Å². The van der Waals surface area contributed by atoms with Crippen LogP contribution in [0.1, 0.15) is 41.7 Å². The van der Waals surface area contributed by atoms with E-state index >= 15 is 0 Å². The Labute approximate surface area is 153 Å². The first-order valence-corrected chi connectivity index (χ1v) is 8.51. The summed E-state index contributed by atoms with van der Waals surface area (Å²) in [6.45, 7) is 0. The number of hydrogen-bond acceptors (Lipinski definition) is 3. The van der Waals surface area contributed by atoms with Gasteiger partial charge in [-0.2, -0.15) is 18.3 Å². The fourth-order valence-electron chi connectivity index (χ4n) is 3.26. The first-order valence-electron chi connectivity index (χ1n) is 8.51. The lowest BCUT2D eigenvalue weighted by molar-refractivity contribution is -0.143. The summed E-state index contributed by atoms with van der Waals surface area (Å²) < 4.78 is 39.9. The molecule has 3 rings (SSSR count). The van der Waals surface area contributed by atoms with Crippen molar-refractivity contribution in [3.63, 3.8) is 0 Å². The molecule has 0 radical (unpaired) electrons. The number of aromatic nitrogens is 2. The first kappa shape index (κ1) is 18.9. The molecule has 1 saturated carbocycles. The highest BCUT2D eigenvalue weighted by Gasteiger charge is 2.35. The minimum Gasteiger partial charge on any atom is -0.481 e. The standard InChI is InChI=1S/C18H18F3N3O3/c19-18(20,21)15-8-9-22-24(15)14-3-1-2-12(10-14)16(25)23-13-6-4-11(5-7-13)17(26)27/h1-3,8-11,13H,4-7H2,(H,23,25)(H,26,27). The smallest absolute Gasteiger partial charge is 0.433 e. The van der Waals surface area contributed by atoms with Crippen LogP contribution in [0.5, 0.6) is 0 Å². The molecule has 27 heavy (non-hydrogen) atoms. The monoisotopic (exact) mass is 381 g/mol. The van der Waals surface area contributed by atoms with Gasteiger partial charge in [-0.15, -0.1) is 0 Å². The van der Waals surface area contributed by atoms with E-state index in [-0.39, 0.29) is 23.2 Å². The molecule has 1 amide bonds. The lowest BCUT2D eigenvalue weighted by Crippen LogP contribution is -2.38. The predicted octanol–water partition coefficient (Wildman–Crippen LogP) is 3.26. The van der Waals surface area contributed by atoms with Gasteiger partial charge >= 0.3 is 12.1 Å². The summed E-state index contributed by atoms with van der Waals surface area (Å²) in [5.74, 6) is -1.62. The topological polar surface area (TPSA) is 84.2 Å². The number of carboxylic acids is 1. The van der Waals surface area contributed by atoms with Crippen molar-refractivity contribution in [1.29, 1.82) is 0 Å². The molecule has 1 aromatic heterocycles. The molecule has 0 unspecified atom stereocenters. The SMILES string of the molecule is O=C(NC1CCC(C(=O)O)CC1)c1cccc(-n2nccc2C(F)(F)F)c1. The Bertz CT molecular complexity index is 840. The van der Waals surface area contributed by atoms with Gasteiger partial charge in [-0.1, -0.05) is 6.07 Å². The van der Waals surface area contributed by atoms with E-state index in [2.05, 4.69) is 10.4 Å². The van der Waals surface area contributed by atoms with E-state index < -0.39 is 23.7 Å². The number of benzene rings is 1. The van der Waals surface area contributed by atoms with Crippen molar-refractivity contribution in [1.82, 2.24) is 15.1 Å². The maximum Gasteiger partial charge on any atom is 0.433 e. The molecule has 0 saturated heterocycles. The van der Waals surface area contributed by atoms with Crippen LogP contribution in [0.4, 0.5) is 13.2 Å². The Morgan fingerprint density at radius 3 is 2.48 bits per heavy atom. The van der Waals surface area contributed by atoms with E-state index in [0.717, 1.165) is 16.9 Å². The van der Waals surface area contributed by atoms with Gasteiger partial charge in [-0.3, -0.25) is 9.59 Å². The summed E-state index contributed by atoms with van der Waals surface area (Å²) in [6.07, 6.45) is -1.42. The van der Waals surface area contributed by atoms with Gasteiger partial charge in [0, 0.05) is 11.6 Å². The quantitative estimate of drug-likeness (QED) is 0.851. The summed E-state index contributed by atoms with van der Waals surface area (Å²) in [4.78, 5) is 23.4. The number of alkyl halides is 3. The largest absolute Gasteiger partial charge is 0.481 e. The number of hydrogen-bond donors (Lipinski definition) is 2. The third kappa shape index (κ3) is 4.29. The maximum absolute atomic E-state index is 13.0. The predicted molar refractivity (Wildman–Crippen MR) is 89.4 cm³/mol. The van der Waals surface area contributed by atoms with Gasteiger partial charge in [0.15, 0.2) is 0 Å². The fourth-order valence-corrected chi connectivity index (χ4v) is 3.26. The Morgan fingerprint density at radius 2 is 1.85 bits per heavy atom. The maximum atomic E-state index is 13.0. The number of aliphatic carboxylic acids is 1. The summed E-state index contributed by atoms with van der Waals surface area (Å²) in [6, 6.07) is 6.52. The molecule has 9 heteroatoms. The molecule has 1 fully saturated rings. The molecule has 2 aromatic rings. The van der Waals surface area contributed by atoms with E-state index in [1.165, 1.54) is 24.3 Å². The minimum atomic E-state index is -4.56. The third-order valence-electron chi connectivity index (χ3n) is 4.70. The Balaban J connectivity index is 1.72. The zero-order valence-electron chi connectivity index (χ0n) is 14.2. The number of nitrogens with zero attached hydrogens (tertiary/aromatic N) is 2. The van der Waals surface area contributed by atoms with Gasteiger partial charge in [0.2, 0.25) is 0 Å². The van der Waals surface area contributed by atoms with Crippen molar-refractivity contribution in [2.24, 2.45) is 5.92 Å². The Morgan fingerprint density at radius 1 is 1.15 bits per heavy atom. The number of carbonyl (C=O) groups excluding carboxylic acids is 1. The summed E-state index contributed by atoms with van der Waals surface area (Å²) in [5, 5.41) is 15.5. The zero-order valence-corrected chi connectivity index (χ0v) is 14.2. The molecule has 1 aromatic carbocycles. The van der Waals surface area contributed by atoms with Crippen molar-refractivity contribution in [3.8, 4) is 5.69 Å². The summed E-state index contributed by atoms with van der Waals surface area (Å²) in [7, 11) is 0. The molecule has 1 aliphatic carbocycles. The van der Waals surface area contributed by atoms with E-state index in [4.69, 9.17) is 5.11 Å². The molecule has 6 nitrogen and oxygen atoms in total. The van der Waals surface area contributed by atoms with Gasteiger partial charge in [-0.25, -0.2) is 4.68 Å². The molecular weight excluding hydrogens is 363 g/mol. The van der Waals surface area contributed by atoms with E-state index in [1.807, 2.05) is 0 Å². The second-order valence-electron chi connectivity index (χ2n) is 6.54. The van der Waals surface area contributed by atoms with Gasteiger partial charge in [-0.05, 0) is 49.9 Å². The van der Waals surface area contributed by atoms with E-state index in [1.54, 1.807) is 0 Å².